The summed E-state index contributed by atoms with van der Waals surface area (Å²) in [4.78, 5) is 23.4. The van der Waals surface area contributed by atoms with Gasteiger partial charge < -0.3 is 21.5 Å². The van der Waals surface area contributed by atoms with E-state index in [9.17, 15) is 13.2 Å². The van der Waals surface area contributed by atoms with E-state index in [2.05, 4.69) is 0 Å². The predicted octanol–water partition coefficient (Wildman–Crippen LogP) is 1.44. The van der Waals surface area contributed by atoms with Crippen molar-refractivity contribution in [2.75, 3.05) is 31.9 Å². The lowest BCUT2D eigenvalue weighted by Gasteiger charge is -2.34. The molecule has 0 saturated carbocycles. The number of nitrogens with two attached hydrogens (primary N) is 2. The van der Waals surface area contributed by atoms with Crippen molar-refractivity contribution in [1.82, 2.24) is 9.21 Å². The summed E-state index contributed by atoms with van der Waals surface area (Å²) in [5.41, 5.74) is 12.3. The lowest BCUT2D eigenvalue weighted by molar-refractivity contribution is -0.134. The molecule has 0 unspecified atom stereocenters. The van der Waals surface area contributed by atoms with Crippen molar-refractivity contribution < 1.29 is 23.1 Å². The summed E-state index contributed by atoms with van der Waals surface area (Å²) in [6.07, 6.45) is 0. The molecule has 1 aliphatic heterocycles. The maximum Gasteiger partial charge on any atom is 0.300 e. The third-order valence-corrected chi connectivity index (χ3v) is 6.79. The van der Waals surface area contributed by atoms with Gasteiger partial charge in [-0.2, -0.15) is 4.31 Å². The van der Waals surface area contributed by atoms with Crippen LogP contribution in [0.25, 0.3) is 0 Å². The molecule has 1 fully saturated rings. The van der Waals surface area contributed by atoms with Gasteiger partial charge in [0.15, 0.2) is 0 Å². The van der Waals surface area contributed by atoms with Crippen molar-refractivity contribution >= 4 is 45.0 Å². The zero-order valence-electron chi connectivity index (χ0n) is 17.3. The second kappa shape index (κ2) is 10.4. The van der Waals surface area contributed by atoms with Crippen LogP contribution in [0.3, 0.4) is 0 Å². The minimum Gasteiger partial charge on any atom is -0.481 e. The highest BCUT2D eigenvalue weighted by atomic mass is 35.5. The largest absolute Gasteiger partial charge is 0.481 e. The van der Waals surface area contributed by atoms with Crippen molar-refractivity contribution in [1.29, 1.82) is 5.41 Å². The molecule has 1 saturated heterocycles. The monoisotopic (exact) mass is 481 g/mol. The quantitative estimate of drug-likeness (QED) is 0.290. The lowest BCUT2D eigenvalue weighted by Crippen LogP contribution is -2.50. The van der Waals surface area contributed by atoms with Gasteiger partial charge in [0.05, 0.1) is 15.6 Å². The number of piperazine rings is 1. The first-order chi connectivity index (χ1) is 14.9. The summed E-state index contributed by atoms with van der Waals surface area (Å²) in [6, 6.07) is 10.7. The second-order valence-electron chi connectivity index (χ2n) is 6.89. The Labute approximate surface area is 190 Å². The fourth-order valence-corrected chi connectivity index (χ4v) is 4.54. The molecule has 32 heavy (non-hydrogen) atoms. The van der Waals surface area contributed by atoms with Crippen LogP contribution in [-0.2, 0) is 14.8 Å². The van der Waals surface area contributed by atoms with Crippen molar-refractivity contribution in [3.8, 4) is 0 Å². The van der Waals surface area contributed by atoms with Crippen LogP contribution in [0.2, 0.25) is 5.02 Å². The Kier molecular flexibility index (Phi) is 8.19. The first-order valence-electron chi connectivity index (χ1n) is 9.42. The molecule has 10 nitrogen and oxygen atoms in total. The summed E-state index contributed by atoms with van der Waals surface area (Å²) >= 11 is 5.86. The maximum absolute atomic E-state index is 12.8. The summed E-state index contributed by atoms with van der Waals surface area (Å²) in [5, 5.41) is 15.2. The zero-order valence-corrected chi connectivity index (χ0v) is 18.9. The number of carboxylic acid groups (broad SMARTS) is 1. The Bertz CT molecular complexity index is 1130. The molecule has 3 rings (SSSR count). The van der Waals surface area contributed by atoms with Gasteiger partial charge in [-0.1, -0.05) is 23.7 Å². The first kappa shape index (κ1) is 25.1. The standard InChI is InChI=1S/C18H20ClN5O3S.C2H4O2/c19-15-5-4-14(11-16(15)20)28(26,27)24-8-6-23(7-9-24)18(25)13-3-1-2-12(10-13)17(21)22;1-2(3)4/h1-5,10-11H,6-9,20H2,(H3,21,22);1H3,(H,3,4). The fraction of sp³-hybridized carbons (Fsp3) is 0.250. The van der Waals surface area contributed by atoms with E-state index in [1.807, 2.05) is 0 Å². The van der Waals surface area contributed by atoms with Crippen molar-refractivity contribution in [3.05, 3.63) is 58.6 Å². The number of nitrogens with zero attached hydrogens (tertiary/aromatic N) is 2. The van der Waals surface area contributed by atoms with Gasteiger partial charge in [0.2, 0.25) is 10.0 Å². The molecule has 1 aliphatic rings. The fourth-order valence-electron chi connectivity index (χ4n) is 2.97. The normalized spacial score (nSPS) is 14.2. The molecule has 2 aromatic carbocycles. The Balaban J connectivity index is 0.000000837. The van der Waals surface area contributed by atoms with E-state index in [0.717, 1.165) is 6.92 Å². The second-order valence-corrected chi connectivity index (χ2v) is 9.24. The van der Waals surface area contributed by atoms with Crippen LogP contribution in [0, 0.1) is 5.41 Å². The molecular formula is C20H24ClN5O5S. The number of aliphatic carboxylic acids is 1. The van der Waals surface area contributed by atoms with Gasteiger partial charge >= 0.3 is 0 Å². The van der Waals surface area contributed by atoms with Crippen molar-refractivity contribution in [3.63, 3.8) is 0 Å². The number of carboxylic acids is 1. The minimum atomic E-state index is -3.72. The highest BCUT2D eigenvalue weighted by Crippen LogP contribution is 2.25. The first-order valence-corrected chi connectivity index (χ1v) is 11.2. The summed E-state index contributed by atoms with van der Waals surface area (Å²) in [7, 11) is -3.72. The Morgan fingerprint density at radius 2 is 1.62 bits per heavy atom. The number of hydrogen-bond donors (Lipinski definition) is 4. The topological polar surface area (TPSA) is 171 Å². The van der Waals surface area contributed by atoms with Gasteiger partial charge in [0.1, 0.15) is 5.84 Å². The van der Waals surface area contributed by atoms with E-state index in [1.165, 1.54) is 22.5 Å². The smallest absolute Gasteiger partial charge is 0.300 e. The average molecular weight is 482 g/mol. The number of nitrogen functional groups attached to an aromatic ring is 2. The highest BCUT2D eigenvalue weighted by molar-refractivity contribution is 7.89. The lowest BCUT2D eigenvalue weighted by atomic mass is 10.1. The summed E-state index contributed by atoms with van der Waals surface area (Å²) in [5.74, 6) is -1.18. The Morgan fingerprint density at radius 1 is 1.06 bits per heavy atom. The highest BCUT2D eigenvalue weighted by Gasteiger charge is 2.30. The number of rotatable bonds is 4. The molecule has 0 spiro atoms. The SMILES string of the molecule is CC(=O)O.N=C(N)c1cccc(C(=O)N2CCN(S(=O)(=O)c3ccc(Cl)c(N)c3)CC2)c1. The summed E-state index contributed by atoms with van der Waals surface area (Å²) < 4.78 is 26.9. The predicted molar refractivity (Wildman–Crippen MR) is 121 cm³/mol. The number of amidine groups is 1. The van der Waals surface area contributed by atoms with E-state index in [0.29, 0.717) is 16.1 Å². The van der Waals surface area contributed by atoms with Gasteiger partial charge in [-0.25, -0.2) is 8.42 Å². The van der Waals surface area contributed by atoms with E-state index in [4.69, 9.17) is 38.4 Å². The number of hydrogen-bond acceptors (Lipinski definition) is 6. The molecule has 1 amide bonds. The molecule has 0 atom stereocenters. The van der Waals surface area contributed by atoms with Crippen molar-refractivity contribution in [2.24, 2.45) is 5.73 Å². The number of carbonyl (C=O) groups is 2. The molecule has 6 N–H and O–H groups in total. The molecule has 0 radical (unpaired) electrons. The number of amides is 1. The van der Waals surface area contributed by atoms with Crippen LogP contribution in [-0.4, -0.2) is 66.6 Å². The Hall–Kier alpha value is -3.15. The van der Waals surface area contributed by atoms with Crippen LogP contribution in [0.1, 0.15) is 22.8 Å². The number of carbonyl (C=O) groups excluding carboxylic acids is 1. The van der Waals surface area contributed by atoms with Crippen LogP contribution < -0.4 is 11.5 Å². The zero-order chi connectivity index (χ0) is 24.1. The molecule has 0 bridgehead atoms. The van der Waals surface area contributed by atoms with Gasteiger partial charge in [-0.3, -0.25) is 15.0 Å². The van der Waals surface area contributed by atoms with Crippen LogP contribution in [0.5, 0.6) is 0 Å². The van der Waals surface area contributed by atoms with E-state index >= 15 is 0 Å². The average Bonchev–Trinajstić information content (AvgIpc) is 2.75. The van der Waals surface area contributed by atoms with Crippen LogP contribution in [0.4, 0.5) is 5.69 Å². The number of nitrogens with one attached hydrogen (secondary N) is 1. The molecule has 0 aromatic heterocycles. The number of sulfonamides is 1. The molecule has 2 aromatic rings. The number of benzene rings is 2. The summed E-state index contributed by atoms with van der Waals surface area (Å²) in [6.45, 7) is 1.93. The van der Waals surface area contributed by atoms with Crippen LogP contribution >= 0.6 is 11.6 Å². The van der Waals surface area contributed by atoms with Gasteiger partial charge in [-0.05, 0) is 30.3 Å². The van der Waals surface area contributed by atoms with Crippen LogP contribution in [0.15, 0.2) is 47.4 Å². The molecule has 12 heteroatoms. The van der Waals surface area contributed by atoms with E-state index in [1.54, 1.807) is 29.2 Å². The van der Waals surface area contributed by atoms with Gasteiger partial charge in [0.25, 0.3) is 11.9 Å². The van der Waals surface area contributed by atoms with Crippen molar-refractivity contribution in [2.45, 2.75) is 11.8 Å². The third kappa shape index (κ3) is 6.19. The third-order valence-electron chi connectivity index (χ3n) is 4.55. The minimum absolute atomic E-state index is 0.0725. The van der Waals surface area contributed by atoms with Gasteiger partial charge in [0, 0.05) is 44.2 Å². The molecule has 0 aliphatic carbocycles. The Morgan fingerprint density at radius 3 is 2.16 bits per heavy atom. The maximum atomic E-state index is 12.8. The van der Waals surface area contributed by atoms with E-state index in [-0.39, 0.29) is 48.5 Å². The molecule has 172 valence electrons. The van der Waals surface area contributed by atoms with Gasteiger partial charge in [-0.15, -0.1) is 0 Å². The van der Waals surface area contributed by atoms with E-state index < -0.39 is 16.0 Å². The number of anilines is 1. The molecule has 1 heterocycles. The number of halogens is 1. The molecular weight excluding hydrogens is 458 g/mol.